The molecule has 6 nitrogen and oxygen atoms in total. The Kier molecular flexibility index (Phi) is 3.50. The zero-order valence-electron chi connectivity index (χ0n) is 15.0. The highest BCUT2D eigenvalue weighted by Crippen LogP contribution is 2.28. The number of pyridine rings is 1. The summed E-state index contributed by atoms with van der Waals surface area (Å²) in [7, 11) is 0. The molecule has 5 rings (SSSR count). The molecular weight excluding hydrogens is 338 g/mol. The molecule has 0 aliphatic heterocycles. The number of hydrogen-bond donors (Lipinski definition) is 0. The highest BCUT2D eigenvalue weighted by molar-refractivity contribution is 5.92. The lowest BCUT2D eigenvalue weighted by molar-refractivity contribution is 0.431. The molecule has 0 radical (unpaired) electrons. The van der Waals surface area contributed by atoms with Crippen molar-refractivity contribution in [1.82, 2.24) is 24.7 Å². The second-order valence-corrected chi connectivity index (χ2v) is 6.75. The summed E-state index contributed by atoms with van der Waals surface area (Å²) in [4.78, 5) is 13.5. The van der Waals surface area contributed by atoms with Gasteiger partial charge in [0.1, 0.15) is 5.69 Å². The van der Waals surface area contributed by atoms with Crippen LogP contribution in [-0.4, -0.2) is 24.7 Å². The van der Waals surface area contributed by atoms with Gasteiger partial charge in [0, 0.05) is 23.2 Å². The minimum absolute atomic E-state index is 0.325. The molecule has 0 spiro atoms. The van der Waals surface area contributed by atoms with Gasteiger partial charge in [-0.2, -0.15) is 4.98 Å². The molecule has 0 saturated carbocycles. The predicted molar refractivity (Wildman–Crippen MR) is 104 cm³/mol. The molecule has 0 amide bonds. The van der Waals surface area contributed by atoms with Crippen molar-refractivity contribution in [3.05, 3.63) is 61.1 Å². The predicted octanol–water partition coefficient (Wildman–Crippen LogP) is 4.88. The third kappa shape index (κ3) is 2.57. The fourth-order valence-corrected chi connectivity index (χ4v) is 3.30. The zero-order chi connectivity index (χ0) is 18.4. The highest BCUT2D eigenvalue weighted by atomic mass is 16.5. The summed E-state index contributed by atoms with van der Waals surface area (Å²) in [5, 5.41) is 6.26. The van der Waals surface area contributed by atoms with Gasteiger partial charge in [-0.05, 0) is 43.5 Å². The molecule has 5 aromatic rings. The van der Waals surface area contributed by atoms with E-state index in [4.69, 9.17) is 4.52 Å². The maximum absolute atomic E-state index is 5.54. The second kappa shape index (κ2) is 6.02. The van der Waals surface area contributed by atoms with Crippen molar-refractivity contribution in [2.24, 2.45) is 0 Å². The second-order valence-electron chi connectivity index (χ2n) is 6.75. The number of hydrogen-bond acceptors (Lipinski definition) is 5. The number of rotatable bonds is 3. The van der Waals surface area contributed by atoms with Gasteiger partial charge in [0.2, 0.25) is 5.82 Å². The summed E-state index contributed by atoms with van der Waals surface area (Å²) in [6.45, 7) is 4.26. The van der Waals surface area contributed by atoms with Crippen LogP contribution in [0.2, 0.25) is 0 Å². The highest BCUT2D eigenvalue weighted by Gasteiger charge is 2.15. The topological polar surface area (TPSA) is 69.6 Å². The maximum atomic E-state index is 5.54. The Labute approximate surface area is 155 Å². The minimum Gasteiger partial charge on any atom is -0.332 e. The average Bonchev–Trinajstić information content (AvgIpc) is 3.34. The number of nitrogens with zero attached hydrogens (tertiary/aromatic N) is 5. The van der Waals surface area contributed by atoms with Gasteiger partial charge in [-0.25, -0.2) is 4.98 Å². The van der Waals surface area contributed by atoms with Crippen LogP contribution in [0.25, 0.3) is 44.8 Å². The number of fused-ring (bicyclic) bond motifs is 2. The van der Waals surface area contributed by atoms with E-state index in [2.05, 4.69) is 38.5 Å². The van der Waals surface area contributed by atoms with E-state index in [0.717, 1.165) is 27.4 Å². The van der Waals surface area contributed by atoms with E-state index in [0.29, 0.717) is 23.5 Å². The van der Waals surface area contributed by atoms with Gasteiger partial charge >= 0.3 is 0 Å². The lowest BCUT2D eigenvalue weighted by atomic mass is 10.1. The first-order valence-electron chi connectivity index (χ1n) is 8.85. The SMILES string of the molecule is CC(C)n1cnc2ccc(-c3noc(-c4nccc5ccccc45)n3)cc21. The molecule has 3 heterocycles. The maximum Gasteiger partial charge on any atom is 0.277 e. The number of aromatic nitrogens is 5. The molecule has 0 bridgehead atoms. The van der Waals surface area contributed by atoms with Crippen LogP contribution < -0.4 is 0 Å². The Balaban J connectivity index is 1.61. The van der Waals surface area contributed by atoms with Crippen molar-refractivity contribution in [2.45, 2.75) is 19.9 Å². The van der Waals surface area contributed by atoms with Gasteiger partial charge < -0.3 is 9.09 Å². The van der Waals surface area contributed by atoms with E-state index < -0.39 is 0 Å². The average molecular weight is 355 g/mol. The minimum atomic E-state index is 0.325. The molecule has 0 atom stereocenters. The molecule has 6 heteroatoms. The molecule has 0 fully saturated rings. The third-order valence-corrected chi connectivity index (χ3v) is 4.69. The summed E-state index contributed by atoms with van der Waals surface area (Å²) in [5.41, 5.74) is 3.59. The van der Waals surface area contributed by atoms with Crippen molar-refractivity contribution in [3.8, 4) is 23.0 Å². The van der Waals surface area contributed by atoms with Crippen molar-refractivity contribution >= 4 is 21.8 Å². The monoisotopic (exact) mass is 355 g/mol. The van der Waals surface area contributed by atoms with Gasteiger partial charge in [0.15, 0.2) is 0 Å². The summed E-state index contributed by atoms with van der Waals surface area (Å²) >= 11 is 0. The van der Waals surface area contributed by atoms with Crippen molar-refractivity contribution in [3.63, 3.8) is 0 Å². The van der Waals surface area contributed by atoms with E-state index in [1.807, 2.05) is 54.9 Å². The van der Waals surface area contributed by atoms with Crippen molar-refractivity contribution in [1.29, 1.82) is 0 Å². The molecule has 0 saturated heterocycles. The number of benzene rings is 2. The van der Waals surface area contributed by atoms with Crippen LogP contribution in [0.3, 0.4) is 0 Å². The van der Waals surface area contributed by atoms with E-state index in [1.165, 1.54) is 0 Å². The molecule has 0 unspecified atom stereocenters. The van der Waals surface area contributed by atoms with Crippen LogP contribution in [0.4, 0.5) is 0 Å². The van der Waals surface area contributed by atoms with E-state index in [1.54, 1.807) is 6.20 Å². The fraction of sp³-hybridized carbons (Fsp3) is 0.143. The smallest absolute Gasteiger partial charge is 0.277 e. The Morgan fingerprint density at radius 2 is 1.89 bits per heavy atom. The first-order valence-corrected chi connectivity index (χ1v) is 8.85. The molecule has 0 aliphatic carbocycles. The summed E-state index contributed by atoms with van der Waals surface area (Å²) in [6.07, 6.45) is 3.62. The van der Waals surface area contributed by atoms with Gasteiger partial charge in [0.05, 0.1) is 17.4 Å². The molecule has 0 N–H and O–H groups in total. The molecule has 27 heavy (non-hydrogen) atoms. The Hall–Kier alpha value is -3.54. The fourth-order valence-electron chi connectivity index (χ4n) is 3.30. The Bertz CT molecular complexity index is 1260. The van der Waals surface area contributed by atoms with E-state index >= 15 is 0 Å². The standard InChI is InChI=1S/C21H17N5O/c1-13(2)26-12-23-17-8-7-15(11-18(17)26)20-24-21(27-25-20)19-16-6-4-3-5-14(16)9-10-22-19/h3-13H,1-2H3. The van der Waals surface area contributed by atoms with Crippen LogP contribution in [0.5, 0.6) is 0 Å². The van der Waals surface area contributed by atoms with E-state index in [-0.39, 0.29) is 0 Å². The number of imidazole rings is 1. The third-order valence-electron chi connectivity index (χ3n) is 4.69. The van der Waals surface area contributed by atoms with Gasteiger partial charge in [-0.1, -0.05) is 29.4 Å². The van der Waals surface area contributed by atoms with E-state index in [9.17, 15) is 0 Å². The largest absolute Gasteiger partial charge is 0.332 e. The van der Waals surface area contributed by atoms with Crippen LogP contribution in [0.1, 0.15) is 19.9 Å². The van der Waals surface area contributed by atoms with Crippen LogP contribution in [-0.2, 0) is 0 Å². The summed E-state index contributed by atoms with van der Waals surface area (Å²) in [6, 6.07) is 16.3. The normalized spacial score (nSPS) is 11.7. The molecule has 3 aromatic heterocycles. The Morgan fingerprint density at radius 1 is 1.00 bits per heavy atom. The first-order chi connectivity index (χ1) is 13.2. The molecule has 132 valence electrons. The summed E-state index contributed by atoms with van der Waals surface area (Å²) < 4.78 is 7.67. The van der Waals surface area contributed by atoms with Crippen LogP contribution in [0.15, 0.2) is 65.6 Å². The quantitative estimate of drug-likeness (QED) is 0.461. The molecule has 2 aromatic carbocycles. The first kappa shape index (κ1) is 15.7. The lowest BCUT2D eigenvalue weighted by Crippen LogP contribution is -1.98. The Morgan fingerprint density at radius 3 is 2.78 bits per heavy atom. The van der Waals surface area contributed by atoms with Gasteiger partial charge in [-0.15, -0.1) is 0 Å². The lowest BCUT2D eigenvalue weighted by Gasteiger charge is -2.07. The summed E-state index contributed by atoms with van der Waals surface area (Å²) in [5.74, 6) is 0.956. The molecule has 0 aliphatic rings. The van der Waals surface area contributed by atoms with Crippen LogP contribution in [0, 0.1) is 0 Å². The van der Waals surface area contributed by atoms with Gasteiger partial charge in [-0.3, -0.25) is 4.98 Å². The molecular formula is C21H17N5O. The van der Waals surface area contributed by atoms with Crippen molar-refractivity contribution < 1.29 is 4.52 Å². The van der Waals surface area contributed by atoms with Gasteiger partial charge in [0.25, 0.3) is 5.89 Å². The van der Waals surface area contributed by atoms with Crippen LogP contribution >= 0.6 is 0 Å². The van der Waals surface area contributed by atoms with Crippen molar-refractivity contribution in [2.75, 3.05) is 0 Å². The zero-order valence-corrected chi connectivity index (χ0v) is 15.0.